The molecule has 4 aliphatic rings. The molecule has 0 aromatic heterocycles. The van der Waals surface area contributed by atoms with E-state index in [9.17, 15) is 5.11 Å². The van der Waals surface area contributed by atoms with Crippen LogP contribution in [0.4, 0.5) is 0 Å². The standard InChI is InChI=1S/C24H40O/c1-17(25)7-6-9-19-11-13-21-20-12-10-18-8-4-5-15-23(18,2)22(20)14-16-24(19,21)3/h18-22,25H,1,4-16H2,2-3H3/t18?,19-,20?,21?,22?,23-,24+/m0/s1. The Kier molecular flexibility index (Phi) is 4.74. The molecule has 1 heteroatoms. The van der Waals surface area contributed by atoms with Crippen LogP contribution in [0, 0.1) is 40.4 Å². The van der Waals surface area contributed by atoms with E-state index in [2.05, 4.69) is 20.4 Å². The maximum absolute atomic E-state index is 9.42. The molecule has 0 aromatic carbocycles. The molecule has 0 bridgehead atoms. The van der Waals surface area contributed by atoms with Gasteiger partial charge >= 0.3 is 0 Å². The molecule has 7 atom stereocenters. The van der Waals surface area contributed by atoms with E-state index in [1.165, 1.54) is 70.6 Å². The van der Waals surface area contributed by atoms with E-state index in [-0.39, 0.29) is 0 Å². The Morgan fingerprint density at radius 2 is 1.72 bits per heavy atom. The Hall–Kier alpha value is -0.460. The number of fused-ring (bicyclic) bond motifs is 5. The summed E-state index contributed by atoms with van der Waals surface area (Å²) in [7, 11) is 0. The van der Waals surface area contributed by atoms with Gasteiger partial charge in [-0.05, 0) is 105 Å². The smallest absolute Gasteiger partial charge is 0.0851 e. The van der Waals surface area contributed by atoms with Crippen LogP contribution in [0.3, 0.4) is 0 Å². The summed E-state index contributed by atoms with van der Waals surface area (Å²) in [5.74, 6) is 5.37. The van der Waals surface area contributed by atoms with E-state index in [0.717, 1.165) is 42.4 Å². The van der Waals surface area contributed by atoms with Crippen molar-refractivity contribution >= 4 is 0 Å². The van der Waals surface area contributed by atoms with Crippen LogP contribution in [0.25, 0.3) is 0 Å². The van der Waals surface area contributed by atoms with Gasteiger partial charge in [0.2, 0.25) is 0 Å². The lowest BCUT2D eigenvalue weighted by molar-refractivity contribution is -0.111. The van der Waals surface area contributed by atoms with Crippen molar-refractivity contribution in [2.75, 3.05) is 0 Å². The second-order valence-electron chi connectivity index (χ2n) is 10.7. The van der Waals surface area contributed by atoms with Gasteiger partial charge in [0.15, 0.2) is 0 Å². The summed E-state index contributed by atoms with van der Waals surface area (Å²) in [5, 5.41) is 9.42. The predicted molar refractivity (Wildman–Crippen MR) is 105 cm³/mol. The van der Waals surface area contributed by atoms with Crippen molar-refractivity contribution in [2.45, 2.75) is 97.3 Å². The van der Waals surface area contributed by atoms with Gasteiger partial charge in [-0.3, -0.25) is 0 Å². The Bertz CT molecular complexity index is 510. The molecule has 0 aromatic rings. The number of aliphatic hydroxyl groups excluding tert-OH is 1. The third-order valence-electron chi connectivity index (χ3n) is 9.80. The fourth-order valence-corrected chi connectivity index (χ4v) is 8.43. The first-order valence-electron chi connectivity index (χ1n) is 11.3. The highest BCUT2D eigenvalue weighted by Gasteiger charge is 2.59. The molecule has 25 heavy (non-hydrogen) atoms. The topological polar surface area (TPSA) is 20.2 Å². The summed E-state index contributed by atoms with van der Waals surface area (Å²) in [6.07, 6.45) is 18.3. The normalized spacial score (nSPS) is 49.1. The minimum atomic E-state index is 0.381. The van der Waals surface area contributed by atoms with Crippen molar-refractivity contribution in [3.63, 3.8) is 0 Å². The summed E-state index contributed by atoms with van der Waals surface area (Å²) in [6.45, 7) is 9.01. The van der Waals surface area contributed by atoms with Crippen molar-refractivity contribution in [1.82, 2.24) is 0 Å². The van der Waals surface area contributed by atoms with Gasteiger partial charge in [-0.1, -0.05) is 33.3 Å². The quantitative estimate of drug-likeness (QED) is 0.531. The van der Waals surface area contributed by atoms with Gasteiger partial charge in [-0.15, -0.1) is 0 Å². The molecule has 0 amide bonds. The van der Waals surface area contributed by atoms with Crippen molar-refractivity contribution in [3.05, 3.63) is 12.3 Å². The lowest BCUT2D eigenvalue weighted by Gasteiger charge is -2.60. The first kappa shape index (κ1) is 17.9. The zero-order valence-corrected chi connectivity index (χ0v) is 16.7. The molecule has 0 heterocycles. The lowest BCUT2D eigenvalue weighted by atomic mass is 9.45. The van der Waals surface area contributed by atoms with Gasteiger partial charge in [-0.25, -0.2) is 0 Å². The molecule has 1 nitrogen and oxygen atoms in total. The van der Waals surface area contributed by atoms with Crippen LogP contribution < -0.4 is 0 Å². The highest BCUT2D eigenvalue weighted by Crippen LogP contribution is 2.67. The number of hydrogen-bond acceptors (Lipinski definition) is 1. The zero-order chi connectivity index (χ0) is 17.7. The van der Waals surface area contributed by atoms with Crippen LogP contribution in [0.5, 0.6) is 0 Å². The van der Waals surface area contributed by atoms with Crippen LogP contribution >= 0.6 is 0 Å². The molecular formula is C24H40O. The molecule has 142 valence electrons. The summed E-state index contributed by atoms with van der Waals surface area (Å²) in [4.78, 5) is 0. The monoisotopic (exact) mass is 344 g/mol. The highest BCUT2D eigenvalue weighted by molar-refractivity contribution is 5.08. The van der Waals surface area contributed by atoms with Gasteiger partial charge in [0.1, 0.15) is 0 Å². The third-order valence-corrected chi connectivity index (χ3v) is 9.80. The molecule has 4 saturated carbocycles. The summed E-state index contributed by atoms with van der Waals surface area (Å²) >= 11 is 0. The maximum Gasteiger partial charge on any atom is 0.0851 e. The zero-order valence-electron chi connectivity index (χ0n) is 16.7. The summed E-state index contributed by atoms with van der Waals surface area (Å²) < 4.78 is 0. The number of allylic oxidation sites excluding steroid dienone is 1. The highest BCUT2D eigenvalue weighted by atomic mass is 16.3. The van der Waals surface area contributed by atoms with Gasteiger partial charge < -0.3 is 5.11 Å². The SMILES string of the molecule is C=C(O)CCC[C@H]1CCC2C3CCC4CCCC[C@]4(C)C3CC[C@@]21C. The minimum absolute atomic E-state index is 0.381. The second kappa shape index (κ2) is 6.61. The summed E-state index contributed by atoms with van der Waals surface area (Å²) in [5.41, 5.74) is 1.27. The van der Waals surface area contributed by atoms with Crippen LogP contribution in [-0.4, -0.2) is 5.11 Å². The van der Waals surface area contributed by atoms with Crippen LogP contribution in [0.2, 0.25) is 0 Å². The fourth-order valence-electron chi connectivity index (χ4n) is 8.43. The van der Waals surface area contributed by atoms with E-state index in [1.807, 2.05) is 0 Å². The largest absolute Gasteiger partial charge is 0.513 e. The van der Waals surface area contributed by atoms with Gasteiger partial charge in [-0.2, -0.15) is 0 Å². The van der Waals surface area contributed by atoms with Gasteiger partial charge in [0.25, 0.3) is 0 Å². The average molecular weight is 345 g/mol. The Morgan fingerprint density at radius 1 is 0.920 bits per heavy atom. The first-order chi connectivity index (χ1) is 11.9. The van der Waals surface area contributed by atoms with Crippen molar-refractivity contribution in [1.29, 1.82) is 0 Å². The average Bonchev–Trinajstić information content (AvgIpc) is 2.91. The minimum Gasteiger partial charge on any atom is -0.513 e. The first-order valence-corrected chi connectivity index (χ1v) is 11.3. The molecular weight excluding hydrogens is 304 g/mol. The molecule has 0 radical (unpaired) electrons. The number of rotatable bonds is 4. The molecule has 0 saturated heterocycles. The molecule has 0 spiro atoms. The molecule has 4 aliphatic carbocycles. The Balaban J connectivity index is 1.48. The second-order valence-corrected chi connectivity index (χ2v) is 10.7. The van der Waals surface area contributed by atoms with Gasteiger partial charge in [0, 0.05) is 6.42 Å². The molecule has 0 aliphatic heterocycles. The Morgan fingerprint density at radius 3 is 2.52 bits per heavy atom. The summed E-state index contributed by atoms with van der Waals surface area (Å²) in [6, 6.07) is 0. The molecule has 4 unspecified atom stereocenters. The van der Waals surface area contributed by atoms with E-state index in [4.69, 9.17) is 0 Å². The van der Waals surface area contributed by atoms with Gasteiger partial charge in [0.05, 0.1) is 5.76 Å². The molecule has 4 fully saturated rings. The van der Waals surface area contributed by atoms with E-state index in [1.54, 1.807) is 0 Å². The lowest BCUT2D eigenvalue weighted by Crippen LogP contribution is -2.52. The maximum atomic E-state index is 9.42. The van der Waals surface area contributed by atoms with E-state index in [0.29, 0.717) is 16.6 Å². The fraction of sp³-hybridized carbons (Fsp3) is 0.917. The number of aliphatic hydroxyl groups is 1. The third kappa shape index (κ3) is 2.88. The van der Waals surface area contributed by atoms with Crippen molar-refractivity contribution in [2.24, 2.45) is 40.4 Å². The van der Waals surface area contributed by atoms with Crippen LogP contribution in [0.1, 0.15) is 97.3 Å². The molecule has 1 N–H and O–H groups in total. The Labute approximate surface area is 155 Å². The molecule has 4 rings (SSSR count). The number of hydrogen-bond donors (Lipinski definition) is 1. The van der Waals surface area contributed by atoms with Crippen LogP contribution in [-0.2, 0) is 0 Å². The van der Waals surface area contributed by atoms with E-state index >= 15 is 0 Å². The van der Waals surface area contributed by atoms with Crippen molar-refractivity contribution < 1.29 is 5.11 Å². The predicted octanol–water partition coefficient (Wildman–Crippen LogP) is 7.28. The van der Waals surface area contributed by atoms with Crippen LogP contribution in [0.15, 0.2) is 12.3 Å². The van der Waals surface area contributed by atoms with E-state index < -0.39 is 0 Å². The van der Waals surface area contributed by atoms with Crippen molar-refractivity contribution in [3.8, 4) is 0 Å².